The minimum absolute atomic E-state index is 0.108. The lowest BCUT2D eigenvalue weighted by molar-refractivity contribution is -0.116. The van der Waals surface area contributed by atoms with E-state index in [0.29, 0.717) is 22.6 Å². The zero-order valence-corrected chi connectivity index (χ0v) is 26.4. The Kier molecular flexibility index (Phi) is 10.8. The van der Waals surface area contributed by atoms with Crippen LogP contribution in [0.2, 0.25) is 0 Å². The van der Waals surface area contributed by atoms with Crippen LogP contribution in [0.1, 0.15) is 33.7 Å². The van der Waals surface area contributed by atoms with Gasteiger partial charge < -0.3 is 21.3 Å². The molecule has 0 spiro atoms. The minimum Gasteiger partial charge on any atom is -0.326 e. The van der Waals surface area contributed by atoms with E-state index in [1.54, 1.807) is 66.7 Å². The Morgan fingerprint density at radius 1 is 0.696 bits per heavy atom. The van der Waals surface area contributed by atoms with Gasteiger partial charge in [0.25, 0.3) is 11.8 Å². The maximum atomic E-state index is 13.5. The van der Waals surface area contributed by atoms with Crippen LogP contribution in [-0.4, -0.2) is 23.6 Å². The molecule has 4 amide bonds. The number of benzene rings is 4. The Morgan fingerprint density at radius 2 is 1.28 bits per heavy atom. The van der Waals surface area contributed by atoms with Gasteiger partial charge in [-0.2, -0.15) is 11.3 Å². The molecule has 0 aliphatic rings. The zero-order valence-electron chi connectivity index (χ0n) is 24.7. The molecular formula is C36H30N4O4S2. The van der Waals surface area contributed by atoms with E-state index >= 15 is 0 Å². The van der Waals surface area contributed by atoms with Crippen molar-refractivity contribution < 1.29 is 19.2 Å². The monoisotopic (exact) mass is 646 g/mol. The van der Waals surface area contributed by atoms with Crippen molar-refractivity contribution in [2.24, 2.45) is 0 Å². The number of thiophene rings is 1. The number of hydrogen-bond donors (Lipinski definition) is 4. The first-order valence-corrected chi connectivity index (χ1v) is 16.1. The molecular weight excluding hydrogens is 617 g/mol. The number of anilines is 3. The first kappa shape index (κ1) is 32.0. The minimum atomic E-state index is -0.565. The van der Waals surface area contributed by atoms with Gasteiger partial charge in [-0.3, -0.25) is 19.2 Å². The first-order valence-electron chi connectivity index (χ1n) is 14.3. The normalized spacial score (nSPS) is 11.6. The molecule has 0 aliphatic heterocycles. The van der Waals surface area contributed by atoms with Gasteiger partial charge >= 0.3 is 0 Å². The summed E-state index contributed by atoms with van der Waals surface area (Å²) >= 11 is 2.86. The molecule has 0 fully saturated rings. The fourth-order valence-electron chi connectivity index (χ4n) is 4.37. The van der Waals surface area contributed by atoms with Crippen molar-refractivity contribution >= 4 is 69.9 Å². The molecule has 8 nitrogen and oxygen atoms in total. The van der Waals surface area contributed by atoms with Gasteiger partial charge in [0.1, 0.15) is 10.9 Å². The van der Waals surface area contributed by atoms with Crippen molar-refractivity contribution in [3.8, 4) is 0 Å². The van der Waals surface area contributed by atoms with Crippen molar-refractivity contribution in [3.63, 3.8) is 0 Å². The molecule has 1 atom stereocenters. The standard InChI is InChI=1S/C36H30N4O4S2/c1-24(41)37-28-12-14-29(15-13-28)39-36(44)33(26-8-4-2-5-9-26)46-31-18-16-30(17-19-31)38-35(43)32(22-25-20-21-45-23-25)40-34(42)27-10-6-3-7-11-27/h2-23,33H,1H3,(H,37,41)(H,38,43)(H,39,44)(H,40,42)/b32-22-. The van der Waals surface area contributed by atoms with Gasteiger partial charge in [-0.25, -0.2) is 0 Å². The average molecular weight is 647 g/mol. The largest absolute Gasteiger partial charge is 0.326 e. The number of thioether (sulfide) groups is 1. The predicted octanol–water partition coefficient (Wildman–Crippen LogP) is 7.59. The molecule has 0 bridgehead atoms. The molecule has 10 heteroatoms. The second kappa shape index (κ2) is 15.5. The fraction of sp³-hybridized carbons (Fsp3) is 0.0556. The molecule has 4 aromatic carbocycles. The molecule has 0 saturated heterocycles. The third-order valence-electron chi connectivity index (χ3n) is 6.56. The quantitative estimate of drug-likeness (QED) is 0.0872. The Bertz CT molecular complexity index is 1830. The lowest BCUT2D eigenvalue weighted by Crippen LogP contribution is -2.30. The molecule has 4 N–H and O–H groups in total. The molecule has 5 aromatic rings. The molecule has 0 radical (unpaired) electrons. The highest BCUT2D eigenvalue weighted by Crippen LogP contribution is 2.37. The van der Waals surface area contributed by atoms with Crippen LogP contribution in [0.5, 0.6) is 0 Å². The summed E-state index contributed by atoms with van der Waals surface area (Å²) in [7, 11) is 0. The van der Waals surface area contributed by atoms with Crippen LogP contribution in [0.3, 0.4) is 0 Å². The van der Waals surface area contributed by atoms with E-state index in [4.69, 9.17) is 0 Å². The fourth-order valence-corrected chi connectivity index (χ4v) is 6.01. The average Bonchev–Trinajstić information content (AvgIpc) is 3.59. The van der Waals surface area contributed by atoms with Crippen molar-refractivity contribution in [1.29, 1.82) is 0 Å². The molecule has 0 aliphatic carbocycles. The number of nitrogens with one attached hydrogen (secondary N) is 4. The molecule has 46 heavy (non-hydrogen) atoms. The second-order valence-electron chi connectivity index (χ2n) is 10.1. The third kappa shape index (κ3) is 9.04. The van der Waals surface area contributed by atoms with E-state index in [2.05, 4.69) is 21.3 Å². The number of carbonyl (C=O) groups is 4. The first-order chi connectivity index (χ1) is 22.3. The van der Waals surface area contributed by atoms with E-state index in [1.165, 1.54) is 30.0 Å². The topological polar surface area (TPSA) is 116 Å². The summed E-state index contributed by atoms with van der Waals surface area (Å²) in [5.41, 5.74) is 3.94. The van der Waals surface area contributed by atoms with Crippen LogP contribution in [0.15, 0.2) is 137 Å². The number of rotatable bonds is 11. The third-order valence-corrected chi connectivity index (χ3v) is 8.53. The summed E-state index contributed by atoms with van der Waals surface area (Å²) in [6.07, 6.45) is 1.63. The van der Waals surface area contributed by atoms with Crippen molar-refractivity contribution in [1.82, 2.24) is 5.32 Å². The zero-order chi connectivity index (χ0) is 32.3. The summed E-state index contributed by atoms with van der Waals surface area (Å²) in [5, 5.41) is 14.5. The smallest absolute Gasteiger partial charge is 0.272 e. The number of amides is 4. The maximum absolute atomic E-state index is 13.5. The predicted molar refractivity (Wildman–Crippen MR) is 186 cm³/mol. The molecule has 230 valence electrons. The SMILES string of the molecule is CC(=O)Nc1ccc(NC(=O)C(Sc2ccc(NC(=O)/C(=C/c3ccsc3)NC(=O)c3ccccc3)cc2)c2ccccc2)cc1. The lowest BCUT2D eigenvalue weighted by atomic mass is 10.1. The molecule has 1 unspecified atom stereocenters. The van der Waals surface area contributed by atoms with E-state index in [9.17, 15) is 19.2 Å². The van der Waals surface area contributed by atoms with Gasteiger partial charge in [-0.1, -0.05) is 48.5 Å². The molecule has 1 aromatic heterocycles. The summed E-state index contributed by atoms with van der Waals surface area (Å²) in [6.45, 7) is 1.44. The van der Waals surface area contributed by atoms with Gasteiger partial charge in [0.05, 0.1) is 0 Å². The second-order valence-corrected chi connectivity index (χ2v) is 12.0. The van der Waals surface area contributed by atoms with Crippen molar-refractivity contribution in [2.75, 3.05) is 16.0 Å². The van der Waals surface area contributed by atoms with Crippen LogP contribution in [-0.2, 0) is 14.4 Å². The maximum Gasteiger partial charge on any atom is 0.272 e. The van der Waals surface area contributed by atoms with Gasteiger partial charge in [0.2, 0.25) is 11.8 Å². The summed E-state index contributed by atoms with van der Waals surface area (Å²) in [5.74, 6) is -1.24. The highest BCUT2D eigenvalue weighted by atomic mass is 32.2. The van der Waals surface area contributed by atoms with Gasteiger partial charge in [-0.15, -0.1) is 11.8 Å². The molecule has 1 heterocycles. The Balaban J connectivity index is 1.28. The molecule has 5 rings (SSSR count). The van der Waals surface area contributed by atoms with Crippen LogP contribution < -0.4 is 21.3 Å². The van der Waals surface area contributed by atoms with Gasteiger partial charge in [0, 0.05) is 34.4 Å². The van der Waals surface area contributed by atoms with E-state index in [1.807, 2.05) is 65.4 Å². The highest BCUT2D eigenvalue weighted by molar-refractivity contribution is 8.00. The lowest BCUT2D eigenvalue weighted by Gasteiger charge is -2.18. The number of carbonyl (C=O) groups excluding carboxylic acids is 4. The summed E-state index contributed by atoms with van der Waals surface area (Å²) in [4.78, 5) is 51.8. The van der Waals surface area contributed by atoms with Crippen LogP contribution in [0.4, 0.5) is 17.1 Å². The Hall–Kier alpha value is -5.45. The highest BCUT2D eigenvalue weighted by Gasteiger charge is 2.23. The van der Waals surface area contributed by atoms with E-state index in [-0.39, 0.29) is 17.5 Å². The summed E-state index contributed by atoms with van der Waals surface area (Å²) < 4.78 is 0. The van der Waals surface area contributed by atoms with Crippen molar-refractivity contribution in [2.45, 2.75) is 17.1 Å². The van der Waals surface area contributed by atoms with Crippen LogP contribution in [0.25, 0.3) is 6.08 Å². The van der Waals surface area contributed by atoms with Gasteiger partial charge in [0.15, 0.2) is 0 Å². The summed E-state index contributed by atoms with van der Waals surface area (Å²) in [6, 6.07) is 34.1. The molecule has 0 saturated carbocycles. The number of hydrogen-bond acceptors (Lipinski definition) is 6. The van der Waals surface area contributed by atoms with Crippen LogP contribution >= 0.6 is 23.1 Å². The Morgan fingerprint density at radius 3 is 1.89 bits per heavy atom. The van der Waals surface area contributed by atoms with E-state index < -0.39 is 17.1 Å². The van der Waals surface area contributed by atoms with Crippen LogP contribution in [0, 0.1) is 0 Å². The Labute approximate surface area is 274 Å². The van der Waals surface area contributed by atoms with Gasteiger partial charge in [-0.05, 0) is 94.7 Å². The van der Waals surface area contributed by atoms with Crippen molar-refractivity contribution in [3.05, 3.63) is 148 Å². The van der Waals surface area contributed by atoms with E-state index in [0.717, 1.165) is 16.0 Å².